The number of allylic oxidation sites excluding steroid dienone is 2. The van der Waals surface area contributed by atoms with Gasteiger partial charge in [0.25, 0.3) is 11.8 Å². The van der Waals surface area contributed by atoms with Gasteiger partial charge in [-0.15, -0.1) is 0 Å². The number of rotatable bonds is 23. The van der Waals surface area contributed by atoms with E-state index < -0.39 is 51.9 Å². The smallest absolute Gasteiger partial charge is 0.412 e. The quantitative estimate of drug-likeness (QED) is 0.0512. The van der Waals surface area contributed by atoms with E-state index in [0.717, 1.165) is 17.2 Å². The average molecular weight is 1200 g/mol. The van der Waals surface area contributed by atoms with Crippen molar-refractivity contribution >= 4 is 63.6 Å². The molecule has 20 nitrogen and oxygen atoms in total. The molecule has 3 heterocycles. The number of amides is 4. The number of unbranched alkanes of at least 4 members (excludes halogenated alkanes) is 2. The third-order valence-electron chi connectivity index (χ3n) is 16.2. The van der Waals surface area contributed by atoms with Crippen LogP contribution in [-0.2, 0) is 36.7 Å². The number of aromatic nitrogens is 1. The fourth-order valence-electron chi connectivity index (χ4n) is 9.35. The van der Waals surface area contributed by atoms with Crippen LogP contribution in [0.25, 0.3) is 0 Å². The van der Waals surface area contributed by atoms with Gasteiger partial charge in [-0.1, -0.05) is 65.8 Å². The van der Waals surface area contributed by atoms with Gasteiger partial charge < -0.3 is 56.4 Å². The number of likely N-dealkylation sites (tertiary alicyclic amines) is 2. The van der Waals surface area contributed by atoms with Gasteiger partial charge in [-0.3, -0.25) is 29.8 Å². The molecule has 0 unspecified atom stereocenters. The molecule has 2 atom stereocenters. The lowest BCUT2D eigenvalue weighted by Crippen LogP contribution is -2.46. The minimum Gasteiger partial charge on any atom is -0.493 e. The van der Waals surface area contributed by atoms with Crippen LogP contribution >= 0.6 is 0 Å². The molecule has 460 valence electrons. The molecular formula is C62H89N5O15Si2. The van der Waals surface area contributed by atoms with Crippen molar-refractivity contribution in [3.63, 3.8) is 0 Å². The van der Waals surface area contributed by atoms with Gasteiger partial charge in [0.1, 0.15) is 17.9 Å². The van der Waals surface area contributed by atoms with Crippen LogP contribution < -0.4 is 29.6 Å². The number of anilines is 2. The molecule has 0 spiro atoms. The molecule has 0 saturated carbocycles. The summed E-state index contributed by atoms with van der Waals surface area (Å²) >= 11 is 0. The van der Waals surface area contributed by atoms with Gasteiger partial charge in [0.2, 0.25) is 11.6 Å². The van der Waals surface area contributed by atoms with E-state index in [1.807, 2.05) is 0 Å². The van der Waals surface area contributed by atoms with Crippen molar-refractivity contribution in [1.29, 1.82) is 0 Å². The number of hydrogen-bond acceptors (Lipinski definition) is 15. The minimum absolute atomic E-state index is 0.0251. The highest BCUT2D eigenvalue weighted by atomic mass is 28.4. The Kier molecular flexibility index (Phi) is 21.0. The monoisotopic (exact) mass is 1200 g/mol. The van der Waals surface area contributed by atoms with Crippen molar-refractivity contribution in [2.75, 3.05) is 71.5 Å². The Morgan fingerprint density at radius 2 is 1.08 bits per heavy atom. The second-order valence-corrected chi connectivity index (χ2v) is 35.4. The molecule has 2 aliphatic heterocycles. The number of ether oxygens (including phenoxy) is 7. The van der Waals surface area contributed by atoms with Gasteiger partial charge in [0, 0.05) is 38.3 Å². The van der Waals surface area contributed by atoms with Crippen LogP contribution in [-0.4, -0.2) is 145 Å². The number of benzene rings is 2. The molecule has 0 radical (unpaired) electrons. The van der Waals surface area contributed by atoms with Crippen LogP contribution in [0.5, 0.6) is 23.0 Å². The second-order valence-electron chi connectivity index (χ2n) is 25.8. The number of fused-ring (bicyclic) bond motifs is 1. The first-order chi connectivity index (χ1) is 39.1. The summed E-state index contributed by atoms with van der Waals surface area (Å²) in [5.74, 6) is -0.632. The van der Waals surface area contributed by atoms with Crippen LogP contribution in [0.4, 0.5) is 21.0 Å². The zero-order valence-electron chi connectivity index (χ0n) is 52.5. The predicted octanol–water partition coefficient (Wildman–Crippen LogP) is 12.3. The zero-order valence-corrected chi connectivity index (χ0v) is 54.5. The third kappa shape index (κ3) is 15.9. The van der Waals surface area contributed by atoms with Gasteiger partial charge in [-0.2, -0.15) is 0 Å². The fourth-order valence-corrected chi connectivity index (χ4v) is 11.4. The maximum Gasteiger partial charge on any atom is 0.412 e. The highest BCUT2D eigenvalue weighted by Crippen LogP contribution is 2.42. The minimum atomic E-state index is -2.20. The van der Waals surface area contributed by atoms with Gasteiger partial charge in [0.05, 0.1) is 93.6 Å². The first-order valence-corrected chi connectivity index (χ1v) is 34.3. The molecule has 0 bridgehead atoms. The van der Waals surface area contributed by atoms with E-state index in [9.17, 15) is 28.8 Å². The Morgan fingerprint density at radius 1 is 0.631 bits per heavy atom. The SMILES string of the molecule is C=C1C[C@@H](CO[Si](C)(C)C(C)(C)C)N(C(=O)c2cc(OC)c(OCCCCCOc3cc(NC(=O)OC(C)(C)C)c(C(=O)N4CC(=C)C[C@H]4CO[Si](C)(C)C(C)(C)C)cc3OC)cc2NC(=O)OCc2cc3c(n2C)C(=O)C=C(OC)C3=O)C1. The Labute approximate surface area is 497 Å². The Bertz CT molecular complexity index is 3050. The van der Waals surface area contributed by atoms with Crippen LogP contribution in [0.1, 0.15) is 142 Å². The van der Waals surface area contributed by atoms with Crippen molar-refractivity contribution in [2.45, 2.75) is 155 Å². The van der Waals surface area contributed by atoms with Crippen molar-refractivity contribution in [3.05, 3.63) is 94.5 Å². The third-order valence-corrected chi connectivity index (χ3v) is 25.2. The molecule has 2 N–H and O–H groups in total. The van der Waals surface area contributed by atoms with E-state index in [0.29, 0.717) is 69.1 Å². The Morgan fingerprint density at radius 3 is 1.50 bits per heavy atom. The van der Waals surface area contributed by atoms with E-state index in [4.69, 9.17) is 42.0 Å². The van der Waals surface area contributed by atoms with Crippen LogP contribution in [0, 0.1) is 0 Å². The van der Waals surface area contributed by atoms with E-state index in [1.165, 1.54) is 44.1 Å². The average Bonchev–Trinajstić information content (AvgIpc) is 3.14. The van der Waals surface area contributed by atoms with Crippen LogP contribution in [0.3, 0.4) is 0 Å². The van der Waals surface area contributed by atoms with Gasteiger partial charge in [-0.25, -0.2) is 9.59 Å². The number of nitrogens with one attached hydrogen (secondary N) is 2. The molecule has 2 aromatic carbocycles. The number of Topliss-reactive ketones (excluding diaryl/α,β-unsaturated/α-hetero) is 1. The summed E-state index contributed by atoms with van der Waals surface area (Å²) in [5.41, 5.74) is 2.16. The number of carbonyl (C=O) groups excluding carboxylic acids is 6. The molecule has 2 fully saturated rings. The first kappa shape index (κ1) is 66.3. The van der Waals surface area contributed by atoms with E-state index in [1.54, 1.807) is 49.8 Å². The number of methoxy groups -OCH3 is 3. The lowest BCUT2D eigenvalue weighted by molar-refractivity contribution is 0.0633. The summed E-state index contributed by atoms with van der Waals surface area (Å²) in [7, 11) is 1.49. The lowest BCUT2D eigenvalue weighted by Gasteiger charge is -2.38. The Hall–Kier alpha value is -6.89. The zero-order chi connectivity index (χ0) is 62.4. The van der Waals surface area contributed by atoms with Crippen molar-refractivity contribution in [1.82, 2.24) is 14.4 Å². The van der Waals surface area contributed by atoms with Crippen LogP contribution in [0.15, 0.2) is 66.5 Å². The number of hydrogen-bond donors (Lipinski definition) is 2. The summed E-state index contributed by atoms with van der Waals surface area (Å²) in [6.45, 7) is 36.7. The van der Waals surface area contributed by atoms with E-state index in [2.05, 4.69) is 91.5 Å². The van der Waals surface area contributed by atoms with E-state index in [-0.39, 0.29) is 105 Å². The molecule has 3 aromatic rings. The van der Waals surface area contributed by atoms with Gasteiger partial charge >= 0.3 is 12.2 Å². The molecule has 6 rings (SSSR count). The summed E-state index contributed by atoms with van der Waals surface area (Å²) in [5, 5.41) is 5.46. The lowest BCUT2D eigenvalue weighted by atomic mass is 10.0. The van der Waals surface area contributed by atoms with Crippen molar-refractivity contribution in [3.8, 4) is 23.0 Å². The summed E-state index contributed by atoms with van der Waals surface area (Å²) in [4.78, 5) is 85.8. The topological polar surface area (TPSA) is 221 Å². The van der Waals surface area contributed by atoms with Gasteiger partial charge in [-0.05, 0) is 107 Å². The van der Waals surface area contributed by atoms with Crippen LogP contribution in [0.2, 0.25) is 36.3 Å². The van der Waals surface area contributed by atoms with Crippen molar-refractivity contribution in [2.24, 2.45) is 7.05 Å². The number of carbonyl (C=O) groups is 6. The maximum absolute atomic E-state index is 14.8. The second kappa shape index (κ2) is 26.6. The molecule has 22 heteroatoms. The molecule has 1 aliphatic carbocycles. The fraction of sp³-hybridized carbons (Fsp3) is 0.548. The normalized spacial score (nSPS) is 16.8. The predicted molar refractivity (Wildman–Crippen MR) is 327 cm³/mol. The molecule has 4 amide bonds. The highest BCUT2D eigenvalue weighted by Gasteiger charge is 2.42. The molecule has 84 heavy (non-hydrogen) atoms. The van der Waals surface area contributed by atoms with Gasteiger partial charge in [0.15, 0.2) is 45.4 Å². The molecular weight excluding hydrogens is 1110 g/mol. The largest absolute Gasteiger partial charge is 0.493 e. The Balaban J connectivity index is 1.17. The summed E-state index contributed by atoms with van der Waals surface area (Å²) in [6, 6.07) is 7.10. The number of nitrogens with zero attached hydrogens (tertiary/aromatic N) is 3. The summed E-state index contributed by atoms with van der Waals surface area (Å²) < 4.78 is 55.2. The standard InChI is InChI=1S/C62H89N5O15Si2/c1-38-25-41(36-80-83(16,17)61(6,7)8)66(33-38)56(70)43-28-49(74-13)51(30-46(43)63-58(72)79-35-40-27-45-54(65(40)12)48(68)32-53(76-15)55(45)69)77-23-21-20-22-24-78-52-31-47(64-59(73)82-60(3,4)5)44(29-50(52)75-14)57(71)67-34-39(2)26-42(67)37-81-84(18,19)62(9,10)11/h27-32,41-42H,1-2,20-26,33-37H2,3-19H3,(H,63,72)(H,64,73)/t41-,42-/m0/s1. The number of ketones is 2. The van der Waals surface area contributed by atoms with Crippen molar-refractivity contribution < 1.29 is 70.8 Å². The van der Waals surface area contributed by atoms with E-state index >= 15 is 0 Å². The summed E-state index contributed by atoms with van der Waals surface area (Å²) in [6.07, 6.45) is 2.34. The maximum atomic E-state index is 14.8. The first-order valence-electron chi connectivity index (χ1n) is 28.5. The molecule has 3 aliphatic rings. The molecule has 2 saturated heterocycles. The highest BCUT2D eigenvalue weighted by molar-refractivity contribution is 6.74. The molecule has 1 aromatic heterocycles.